The number of aryl methyl sites for hydroxylation is 1. The number of nitro groups is 1. The molecule has 0 radical (unpaired) electrons. The van der Waals surface area contributed by atoms with Gasteiger partial charge in [-0.15, -0.1) is 0 Å². The number of carbonyl (C=O) groups is 1. The molecule has 1 aromatic carbocycles. The topological polar surface area (TPSA) is 69.4 Å². The highest BCUT2D eigenvalue weighted by molar-refractivity contribution is 5.90. The van der Waals surface area contributed by atoms with Crippen LogP contribution in [-0.2, 0) is 11.2 Å². The third kappa shape index (κ3) is 3.27. The summed E-state index contributed by atoms with van der Waals surface area (Å²) in [6.45, 7) is 5.29. The van der Waals surface area contributed by atoms with E-state index < -0.39 is 10.9 Å². The molecule has 92 valence electrons. The van der Waals surface area contributed by atoms with Gasteiger partial charge in [0.2, 0.25) is 0 Å². The summed E-state index contributed by atoms with van der Waals surface area (Å²) in [6.07, 6.45) is 0.308. The summed E-state index contributed by atoms with van der Waals surface area (Å²) in [5.41, 5.74) is 0.782. The van der Waals surface area contributed by atoms with E-state index >= 15 is 0 Å². The van der Waals surface area contributed by atoms with Crippen molar-refractivity contribution in [2.75, 3.05) is 0 Å². The van der Waals surface area contributed by atoms with Crippen molar-refractivity contribution in [1.82, 2.24) is 0 Å². The van der Waals surface area contributed by atoms with E-state index in [1.807, 2.05) is 6.92 Å². The van der Waals surface area contributed by atoms with Gasteiger partial charge in [0.25, 0.3) is 5.69 Å². The van der Waals surface area contributed by atoms with E-state index in [0.29, 0.717) is 12.0 Å². The molecule has 0 bridgehead atoms. The third-order valence-electron chi connectivity index (χ3n) is 2.24. The van der Waals surface area contributed by atoms with Gasteiger partial charge in [0.05, 0.1) is 16.6 Å². The van der Waals surface area contributed by atoms with Crippen molar-refractivity contribution in [2.24, 2.45) is 0 Å². The molecular weight excluding hydrogens is 222 g/mol. The maximum absolute atomic E-state index is 11.6. The first-order chi connectivity index (χ1) is 7.95. The van der Waals surface area contributed by atoms with Gasteiger partial charge in [-0.1, -0.05) is 13.0 Å². The Kier molecular flexibility index (Phi) is 4.20. The molecule has 1 rings (SSSR count). The molecule has 0 saturated carbocycles. The Labute approximate surface area is 99.5 Å². The first-order valence-electron chi connectivity index (χ1n) is 5.44. The van der Waals surface area contributed by atoms with Crippen molar-refractivity contribution in [3.63, 3.8) is 0 Å². The van der Waals surface area contributed by atoms with E-state index in [1.165, 1.54) is 6.07 Å². The Morgan fingerprint density at radius 2 is 2.12 bits per heavy atom. The van der Waals surface area contributed by atoms with Crippen LogP contribution in [0.15, 0.2) is 18.2 Å². The van der Waals surface area contributed by atoms with Gasteiger partial charge in [-0.05, 0) is 26.3 Å². The molecule has 0 fully saturated rings. The lowest BCUT2D eigenvalue weighted by molar-refractivity contribution is -0.385. The molecule has 0 unspecified atom stereocenters. The van der Waals surface area contributed by atoms with Crippen molar-refractivity contribution in [3.05, 3.63) is 39.4 Å². The summed E-state index contributed by atoms with van der Waals surface area (Å²) in [6, 6.07) is 4.41. The molecule has 5 nitrogen and oxygen atoms in total. The van der Waals surface area contributed by atoms with Gasteiger partial charge in [-0.3, -0.25) is 10.1 Å². The van der Waals surface area contributed by atoms with Gasteiger partial charge in [-0.2, -0.15) is 0 Å². The Hall–Kier alpha value is -1.91. The zero-order chi connectivity index (χ0) is 13.0. The third-order valence-corrected chi connectivity index (χ3v) is 2.24. The first kappa shape index (κ1) is 13.2. The predicted molar refractivity (Wildman–Crippen MR) is 63.0 cm³/mol. The molecule has 0 aliphatic carbocycles. The summed E-state index contributed by atoms with van der Waals surface area (Å²) < 4.78 is 4.98. The molecule has 0 saturated heterocycles. The van der Waals surface area contributed by atoms with Crippen molar-refractivity contribution in [3.8, 4) is 0 Å². The van der Waals surface area contributed by atoms with Crippen LogP contribution < -0.4 is 0 Å². The second kappa shape index (κ2) is 5.43. The van der Waals surface area contributed by atoms with Gasteiger partial charge in [0.15, 0.2) is 0 Å². The lowest BCUT2D eigenvalue weighted by Crippen LogP contribution is -2.12. The highest BCUT2D eigenvalue weighted by Gasteiger charge is 2.17. The smallest absolute Gasteiger partial charge is 0.338 e. The number of ether oxygens (including phenoxy) is 1. The van der Waals surface area contributed by atoms with Crippen LogP contribution in [0.1, 0.15) is 36.7 Å². The average Bonchev–Trinajstić information content (AvgIpc) is 2.27. The minimum atomic E-state index is -0.536. The number of hydrogen-bond donors (Lipinski definition) is 0. The number of esters is 1. The fraction of sp³-hybridized carbons (Fsp3) is 0.417. The number of hydrogen-bond acceptors (Lipinski definition) is 4. The first-order valence-corrected chi connectivity index (χ1v) is 5.44. The Balaban J connectivity index is 3.08. The van der Waals surface area contributed by atoms with Crippen LogP contribution in [0, 0.1) is 10.1 Å². The van der Waals surface area contributed by atoms with Gasteiger partial charge < -0.3 is 4.74 Å². The van der Waals surface area contributed by atoms with Crippen molar-refractivity contribution < 1.29 is 14.5 Å². The van der Waals surface area contributed by atoms with Gasteiger partial charge >= 0.3 is 5.97 Å². The van der Waals surface area contributed by atoms with Crippen LogP contribution in [0.3, 0.4) is 0 Å². The minimum Gasteiger partial charge on any atom is -0.459 e. The second-order valence-electron chi connectivity index (χ2n) is 3.91. The van der Waals surface area contributed by atoms with Crippen molar-refractivity contribution in [1.29, 1.82) is 0 Å². The fourth-order valence-electron chi connectivity index (χ4n) is 1.44. The molecule has 0 aliphatic rings. The minimum absolute atomic E-state index is 0.0364. The van der Waals surface area contributed by atoms with E-state index in [1.54, 1.807) is 26.0 Å². The standard InChI is InChI=1S/C12H15NO4/c1-4-9-5-6-10(7-11(9)13(15)16)12(14)17-8(2)3/h5-8H,4H2,1-3H3. The summed E-state index contributed by atoms with van der Waals surface area (Å²) in [7, 11) is 0. The SMILES string of the molecule is CCc1ccc(C(=O)OC(C)C)cc1[N+](=O)[O-]. The number of nitro benzene ring substituents is 1. The molecule has 5 heteroatoms. The van der Waals surface area contributed by atoms with Crippen LogP contribution >= 0.6 is 0 Å². The second-order valence-corrected chi connectivity index (χ2v) is 3.91. The highest BCUT2D eigenvalue weighted by Crippen LogP contribution is 2.21. The lowest BCUT2D eigenvalue weighted by atomic mass is 10.1. The van der Waals surface area contributed by atoms with Crippen molar-refractivity contribution >= 4 is 11.7 Å². The van der Waals surface area contributed by atoms with Gasteiger partial charge in [-0.25, -0.2) is 4.79 Å². The molecule has 0 atom stereocenters. The lowest BCUT2D eigenvalue weighted by Gasteiger charge is -2.08. The van der Waals surface area contributed by atoms with Crippen molar-refractivity contribution in [2.45, 2.75) is 33.3 Å². The number of carbonyl (C=O) groups excluding carboxylic acids is 1. The van der Waals surface area contributed by atoms with E-state index in [9.17, 15) is 14.9 Å². The monoisotopic (exact) mass is 237 g/mol. The highest BCUT2D eigenvalue weighted by atomic mass is 16.6. The maximum atomic E-state index is 11.6. The number of benzene rings is 1. The van der Waals surface area contributed by atoms with Crippen LogP contribution in [-0.4, -0.2) is 17.0 Å². The Bertz CT molecular complexity index is 440. The predicted octanol–water partition coefficient (Wildman–Crippen LogP) is 2.72. The quantitative estimate of drug-likeness (QED) is 0.458. The maximum Gasteiger partial charge on any atom is 0.338 e. The van der Waals surface area contributed by atoms with Crippen LogP contribution in [0.4, 0.5) is 5.69 Å². The van der Waals surface area contributed by atoms with Gasteiger partial charge in [0, 0.05) is 11.6 Å². The molecule has 0 N–H and O–H groups in total. The normalized spacial score (nSPS) is 10.4. The fourth-order valence-corrected chi connectivity index (χ4v) is 1.44. The zero-order valence-electron chi connectivity index (χ0n) is 10.1. The Morgan fingerprint density at radius 3 is 2.59 bits per heavy atom. The number of rotatable bonds is 4. The van der Waals surface area contributed by atoms with E-state index in [0.717, 1.165) is 0 Å². The van der Waals surface area contributed by atoms with Crippen LogP contribution in [0.2, 0.25) is 0 Å². The summed E-state index contributed by atoms with van der Waals surface area (Å²) in [5, 5.41) is 10.8. The zero-order valence-corrected chi connectivity index (χ0v) is 10.1. The van der Waals surface area contributed by atoms with E-state index in [2.05, 4.69) is 0 Å². The largest absolute Gasteiger partial charge is 0.459 e. The summed E-state index contributed by atoms with van der Waals surface area (Å²) in [5.74, 6) is -0.536. The Morgan fingerprint density at radius 1 is 1.47 bits per heavy atom. The van der Waals surface area contributed by atoms with E-state index in [-0.39, 0.29) is 17.4 Å². The average molecular weight is 237 g/mol. The molecule has 0 spiro atoms. The molecule has 0 heterocycles. The molecular formula is C12H15NO4. The molecule has 17 heavy (non-hydrogen) atoms. The molecule has 0 amide bonds. The van der Waals surface area contributed by atoms with Crippen LogP contribution in [0.5, 0.6) is 0 Å². The molecule has 1 aromatic rings. The number of nitrogens with zero attached hydrogens (tertiary/aromatic N) is 1. The summed E-state index contributed by atoms with van der Waals surface area (Å²) in [4.78, 5) is 21.9. The molecule has 0 aromatic heterocycles. The van der Waals surface area contributed by atoms with Gasteiger partial charge in [0.1, 0.15) is 0 Å². The summed E-state index contributed by atoms with van der Waals surface area (Å²) >= 11 is 0. The molecule has 0 aliphatic heterocycles. The van der Waals surface area contributed by atoms with E-state index in [4.69, 9.17) is 4.74 Å². The van der Waals surface area contributed by atoms with Crippen LogP contribution in [0.25, 0.3) is 0 Å².